The lowest BCUT2D eigenvalue weighted by Crippen LogP contribution is -2.41. The number of aromatic nitrogens is 1. The summed E-state index contributed by atoms with van der Waals surface area (Å²) >= 11 is 0. The van der Waals surface area contributed by atoms with Gasteiger partial charge in [-0.1, -0.05) is 12.1 Å². The molecule has 4 rings (SSSR count). The van der Waals surface area contributed by atoms with E-state index in [0.29, 0.717) is 34.9 Å². The highest BCUT2D eigenvalue weighted by molar-refractivity contribution is 5.69. The average Bonchev–Trinajstić information content (AvgIpc) is 2.82. The molecule has 0 unspecified atom stereocenters. The van der Waals surface area contributed by atoms with Gasteiger partial charge >= 0.3 is 0 Å². The van der Waals surface area contributed by atoms with Gasteiger partial charge in [-0.25, -0.2) is 9.37 Å². The quantitative estimate of drug-likeness (QED) is 0.868. The van der Waals surface area contributed by atoms with Gasteiger partial charge in [0.05, 0.1) is 17.7 Å². The smallest absolute Gasteiger partial charge is 0.185 e. The van der Waals surface area contributed by atoms with Crippen molar-refractivity contribution in [2.75, 3.05) is 18.5 Å². The van der Waals surface area contributed by atoms with Crippen LogP contribution in [0.25, 0.3) is 11.1 Å². The molecule has 1 fully saturated rings. The SMILES string of the molecule is CC1(C)OC(c2ccc(-c3cnc4c(c3)OCCN4)c(F)c2)OC1(C)C. The number of halogens is 1. The van der Waals surface area contributed by atoms with Gasteiger partial charge in [-0.2, -0.15) is 0 Å². The number of benzene rings is 1. The highest BCUT2D eigenvalue weighted by Gasteiger charge is 2.49. The van der Waals surface area contributed by atoms with Crippen LogP contribution < -0.4 is 10.1 Å². The van der Waals surface area contributed by atoms with E-state index in [0.717, 1.165) is 6.54 Å². The highest BCUT2D eigenvalue weighted by atomic mass is 19.1. The van der Waals surface area contributed by atoms with Crippen LogP contribution in [-0.2, 0) is 9.47 Å². The van der Waals surface area contributed by atoms with E-state index >= 15 is 0 Å². The second-order valence-electron chi connectivity index (χ2n) is 7.67. The molecule has 0 atom stereocenters. The summed E-state index contributed by atoms with van der Waals surface area (Å²) in [5, 5.41) is 3.15. The molecule has 26 heavy (non-hydrogen) atoms. The summed E-state index contributed by atoms with van der Waals surface area (Å²) in [6, 6.07) is 6.84. The van der Waals surface area contributed by atoms with Crippen molar-refractivity contribution in [1.29, 1.82) is 0 Å². The molecule has 3 heterocycles. The van der Waals surface area contributed by atoms with Gasteiger partial charge in [-0.3, -0.25) is 0 Å². The third-order valence-corrected chi connectivity index (χ3v) is 5.33. The Morgan fingerprint density at radius 1 is 1.12 bits per heavy atom. The van der Waals surface area contributed by atoms with Crippen LogP contribution >= 0.6 is 0 Å². The van der Waals surface area contributed by atoms with Gasteiger partial charge in [0.25, 0.3) is 0 Å². The molecule has 0 saturated carbocycles. The summed E-state index contributed by atoms with van der Waals surface area (Å²) in [6.45, 7) is 9.20. The molecule has 2 aliphatic rings. The number of hydrogen-bond donors (Lipinski definition) is 1. The lowest BCUT2D eigenvalue weighted by atomic mass is 9.90. The van der Waals surface area contributed by atoms with E-state index in [9.17, 15) is 4.39 Å². The van der Waals surface area contributed by atoms with Crippen LogP contribution in [0.15, 0.2) is 30.5 Å². The first-order valence-corrected chi connectivity index (χ1v) is 8.79. The highest BCUT2D eigenvalue weighted by Crippen LogP contribution is 2.45. The van der Waals surface area contributed by atoms with Crippen LogP contribution in [0.2, 0.25) is 0 Å². The third kappa shape index (κ3) is 2.83. The normalized spacial score (nSPS) is 21.0. The fourth-order valence-electron chi connectivity index (χ4n) is 3.06. The molecule has 0 spiro atoms. The second-order valence-corrected chi connectivity index (χ2v) is 7.67. The molecule has 1 N–H and O–H groups in total. The molecule has 2 aromatic rings. The molecule has 2 aliphatic heterocycles. The second kappa shape index (κ2) is 5.93. The maximum Gasteiger partial charge on any atom is 0.185 e. The Hall–Kier alpha value is -2.18. The molecule has 1 aromatic heterocycles. The van der Waals surface area contributed by atoms with E-state index in [-0.39, 0.29) is 5.82 Å². The van der Waals surface area contributed by atoms with Crippen molar-refractivity contribution in [1.82, 2.24) is 4.98 Å². The first-order chi connectivity index (χ1) is 12.3. The molecular weight excluding hydrogens is 335 g/mol. The summed E-state index contributed by atoms with van der Waals surface area (Å²) in [6.07, 6.45) is 1.06. The summed E-state index contributed by atoms with van der Waals surface area (Å²) in [5.74, 6) is 0.986. The summed E-state index contributed by atoms with van der Waals surface area (Å²) in [7, 11) is 0. The number of nitrogens with one attached hydrogen (secondary N) is 1. The van der Waals surface area contributed by atoms with Crippen LogP contribution in [0.1, 0.15) is 39.5 Å². The van der Waals surface area contributed by atoms with Crippen LogP contribution in [-0.4, -0.2) is 29.3 Å². The molecule has 0 radical (unpaired) electrons. The molecule has 1 aromatic carbocycles. The van der Waals surface area contributed by atoms with Gasteiger partial charge in [-0.05, 0) is 39.8 Å². The minimum Gasteiger partial charge on any atom is -0.488 e. The minimum atomic E-state index is -0.585. The average molecular weight is 358 g/mol. The first-order valence-electron chi connectivity index (χ1n) is 8.79. The van der Waals surface area contributed by atoms with Gasteiger partial charge in [-0.15, -0.1) is 0 Å². The van der Waals surface area contributed by atoms with Crippen molar-refractivity contribution in [2.45, 2.75) is 45.2 Å². The molecule has 5 nitrogen and oxygen atoms in total. The van der Waals surface area contributed by atoms with Gasteiger partial charge in [0.1, 0.15) is 12.4 Å². The van der Waals surface area contributed by atoms with Crippen molar-refractivity contribution in [3.05, 3.63) is 41.8 Å². The Morgan fingerprint density at radius 2 is 1.85 bits per heavy atom. The van der Waals surface area contributed by atoms with Gasteiger partial charge in [0.2, 0.25) is 0 Å². The van der Waals surface area contributed by atoms with E-state index in [4.69, 9.17) is 14.2 Å². The number of hydrogen-bond acceptors (Lipinski definition) is 5. The lowest BCUT2D eigenvalue weighted by Gasteiger charge is -2.30. The van der Waals surface area contributed by atoms with Gasteiger partial charge in [0.15, 0.2) is 17.9 Å². The Kier molecular flexibility index (Phi) is 3.93. The van der Waals surface area contributed by atoms with Crippen molar-refractivity contribution in [3.8, 4) is 16.9 Å². The molecular formula is C20H23FN2O3. The molecule has 1 saturated heterocycles. The standard InChI is InChI=1S/C20H23FN2O3/c1-19(2)20(3,4)26-18(25-19)12-5-6-14(15(21)9-12)13-10-16-17(23-11-13)22-7-8-24-16/h5-6,9-11,18H,7-8H2,1-4H3,(H,22,23). The molecule has 6 heteroatoms. The van der Waals surface area contributed by atoms with E-state index in [1.807, 2.05) is 33.8 Å². The topological polar surface area (TPSA) is 52.6 Å². The number of nitrogens with zero attached hydrogens (tertiary/aromatic N) is 1. The molecule has 0 aliphatic carbocycles. The minimum absolute atomic E-state index is 0.345. The monoisotopic (exact) mass is 358 g/mol. The number of rotatable bonds is 2. The van der Waals surface area contributed by atoms with Crippen LogP contribution in [0.3, 0.4) is 0 Å². The zero-order valence-electron chi connectivity index (χ0n) is 15.4. The number of fused-ring (bicyclic) bond motifs is 1. The third-order valence-electron chi connectivity index (χ3n) is 5.33. The number of pyridine rings is 1. The van der Waals surface area contributed by atoms with Crippen molar-refractivity contribution >= 4 is 5.82 Å². The van der Waals surface area contributed by atoms with E-state index < -0.39 is 17.5 Å². The predicted molar refractivity (Wildman–Crippen MR) is 96.7 cm³/mol. The van der Waals surface area contributed by atoms with Crippen molar-refractivity contribution < 1.29 is 18.6 Å². The van der Waals surface area contributed by atoms with E-state index in [1.54, 1.807) is 18.3 Å². The number of anilines is 1. The first kappa shape index (κ1) is 17.2. The Labute approximate surface area is 152 Å². The van der Waals surface area contributed by atoms with Crippen LogP contribution in [0.4, 0.5) is 10.2 Å². The maximum atomic E-state index is 14.8. The number of ether oxygens (including phenoxy) is 3. The van der Waals surface area contributed by atoms with Crippen LogP contribution in [0, 0.1) is 5.82 Å². The molecule has 138 valence electrons. The lowest BCUT2D eigenvalue weighted by molar-refractivity contribution is -0.0897. The van der Waals surface area contributed by atoms with Crippen LogP contribution in [0.5, 0.6) is 5.75 Å². The van der Waals surface area contributed by atoms with Gasteiger partial charge < -0.3 is 19.5 Å². The zero-order valence-corrected chi connectivity index (χ0v) is 15.4. The molecule has 0 amide bonds. The fraction of sp³-hybridized carbons (Fsp3) is 0.450. The Bertz CT molecular complexity index is 835. The fourth-order valence-corrected chi connectivity index (χ4v) is 3.06. The predicted octanol–water partition coefficient (Wildman–Crippen LogP) is 4.29. The summed E-state index contributed by atoms with van der Waals surface area (Å²) < 4.78 is 32.4. The van der Waals surface area contributed by atoms with E-state index in [1.165, 1.54) is 6.07 Å². The van der Waals surface area contributed by atoms with E-state index in [2.05, 4.69) is 10.3 Å². The zero-order chi connectivity index (χ0) is 18.5. The van der Waals surface area contributed by atoms with Crippen molar-refractivity contribution in [2.24, 2.45) is 0 Å². The Morgan fingerprint density at radius 3 is 2.54 bits per heavy atom. The maximum absolute atomic E-state index is 14.8. The Balaban J connectivity index is 1.63. The summed E-state index contributed by atoms with van der Waals surface area (Å²) in [5.41, 5.74) is 0.882. The summed E-state index contributed by atoms with van der Waals surface area (Å²) in [4.78, 5) is 4.32. The van der Waals surface area contributed by atoms with Crippen molar-refractivity contribution in [3.63, 3.8) is 0 Å². The molecule has 0 bridgehead atoms. The largest absolute Gasteiger partial charge is 0.488 e. The van der Waals surface area contributed by atoms with Gasteiger partial charge in [0, 0.05) is 22.9 Å².